The van der Waals surface area contributed by atoms with E-state index in [-0.39, 0.29) is 11.5 Å². The molecule has 0 aromatic carbocycles. The van der Waals surface area contributed by atoms with Crippen LogP contribution in [-0.4, -0.2) is 11.2 Å². The Bertz CT molecular complexity index is 725. The van der Waals surface area contributed by atoms with Crippen molar-refractivity contribution in [1.29, 1.82) is 0 Å². The number of hydrogen-bond acceptors (Lipinski definition) is 1. The van der Waals surface area contributed by atoms with Gasteiger partial charge in [-0.1, -0.05) is 79.4 Å². The van der Waals surface area contributed by atoms with Gasteiger partial charge < -0.3 is 5.11 Å². The summed E-state index contributed by atoms with van der Waals surface area (Å²) >= 11 is 0. The van der Waals surface area contributed by atoms with E-state index in [1.54, 1.807) is 16.7 Å². The summed E-state index contributed by atoms with van der Waals surface area (Å²) < 4.78 is 0. The van der Waals surface area contributed by atoms with E-state index in [9.17, 15) is 5.11 Å². The Morgan fingerprint density at radius 3 is 2.40 bits per heavy atom. The molecule has 0 spiro atoms. The molecule has 0 aliphatic heterocycles. The monoisotopic (exact) mass is 412 g/mol. The van der Waals surface area contributed by atoms with Gasteiger partial charge in [0.05, 0.1) is 6.10 Å². The normalized spacial score (nSPS) is 41.2. The molecular formula is C29H48O. The molecule has 6 atom stereocenters. The molecule has 1 heteroatoms. The Morgan fingerprint density at radius 2 is 1.70 bits per heavy atom. The molecule has 0 radical (unpaired) electrons. The average Bonchev–Trinajstić information content (AvgIpc) is 3.02. The Hall–Kier alpha value is -0.560. The van der Waals surface area contributed by atoms with Gasteiger partial charge in [0.15, 0.2) is 0 Å². The standard InChI is InChI=1S/C29H48O/c1-19(2)9-8-10-20(3)22-12-13-23-21-11-14-25-27(4,5)26(30)16-18-29(25,7)24(21)15-17-28(22,23)6/h13,19-20,22,25-26,30H,8-12,14-18H2,1-7H3/t20-,22-,25?,26?,28-,29-/m1/s1. The minimum Gasteiger partial charge on any atom is -0.393 e. The fourth-order valence-electron chi connectivity index (χ4n) is 8.63. The fourth-order valence-corrected chi connectivity index (χ4v) is 8.63. The van der Waals surface area contributed by atoms with Crippen molar-refractivity contribution < 1.29 is 5.11 Å². The molecule has 1 saturated carbocycles. The summed E-state index contributed by atoms with van der Waals surface area (Å²) in [4.78, 5) is 0. The molecule has 4 aliphatic rings. The van der Waals surface area contributed by atoms with Crippen molar-refractivity contribution in [1.82, 2.24) is 0 Å². The van der Waals surface area contributed by atoms with Crippen molar-refractivity contribution in [3.8, 4) is 0 Å². The van der Waals surface area contributed by atoms with Crippen LogP contribution in [0.25, 0.3) is 0 Å². The van der Waals surface area contributed by atoms with Crippen LogP contribution in [0.2, 0.25) is 0 Å². The summed E-state index contributed by atoms with van der Waals surface area (Å²) in [5.74, 6) is 3.13. The summed E-state index contributed by atoms with van der Waals surface area (Å²) in [6.45, 7) is 17.1. The van der Waals surface area contributed by atoms with Gasteiger partial charge in [-0.3, -0.25) is 0 Å². The van der Waals surface area contributed by atoms with Gasteiger partial charge in [0.25, 0.3) is 0 Å². The second-order valence-electron chi connectivity index (χ2n) is 13.0. The molecule has 4 rings (SSSR count). The minimum atomic E-state index is -0.131. The van der Waals surface area contributed by atoms with Gasteiger partial charge in [0, 0.05) is 0 Å². The molecule has 2 unspecified atom stereocenters. The number of hydrogen-bond donors (Lipinski definition) is 1. The smallest absolute Gasteiger partial charge is 0.0594 e. The van der Waals surface area contributed by atoms with Crippen molar-refractivity contribution >= 4 is 0 Å². The van der Waals surface area contributed by atoms with E-state index >= 15 is 0 Å². The van der Waals surface area contributed by atoms with Crippen molar-refractivity contribution in [2.75, 3.05) is 0 Å². The van der Waals surface area contributed by atoms with Crippen LogP contribution in [0.5, 0.6) is 0 Å². The zero-order valence-corrected chi connectivity index (χ0v) is 21.0. The first-order chi connectivity index (χ1) is 14.0. The zero-order valence-electron chi connectivity index (χ0n) is 21.0. The van der Waals surface area contributed by atoms with Gasteiger partial charge >= 0.3 is 0 Å². The van der Waals surface area contributed by atoms with Crippen LogP contribution in [-0.2, 0) is 0 Å². The third-order valence-electron chi connectivity index (χ3n) is 10.6. The number of fused-ring (bicyclic) bond motifs is 4. The first-order valence-corrected chi connectivity index (χ1v) is 13.1. The zero-order chi connectivity index (χ0) is 21.9. The average molecular weight is 413 g/mol. The van der Waals surface area contributed by atoms with Gasteiger partial charge in [0.2, 0.25) is 0 Å². The second kappa shape index (κ2) is 7.79. The van der Waals surface area contributed by atoms with E-state index < -0.39 is 0 Å². The first kappa shape index (κ1) is 22.6. The van der Waals surface area contributed by atoms with E-state index in [1.807, 2.05) is 0 Å². The molecule has 1 nitrogen and oxygen atoms in total. The lowest BCUT2D eigenvalue weighted by molar-refractivity contribution is -0.0905. The Kier molecular flexibility index (Phi) is 5.87. The SMILES string of the molecule is CC(C)CCC[C@@H](C)[C@H]1CC=C2C3=C(CC[C@@]21C)[C@@]1(C)CCC(O)C(C)(C)C1CC3. The fraction of sp³-hybridized carbons (Fsp3) is 0.862. The van der Waals surface area contributed by atoms with Gasteiger partial charge in [-0.05, 0) is 96.0 Å². The highest BCUT2D eigenvalue weighted by molar-refractivity contribution is 5.49. The summed E-state index contributed by atoms with van der Waals surface area (Å²) in [5, 5.41) is 10.8. The molecule has 30 heavy (non-hydrogen) atoms. The van der Waals surface area contributed by atoms with Crippen LogP contribution >= 0.6 is 0 Å². The molecule has 0 amide bonds. The molecule has 170 valence electrons. The van der Waals surface area contributed by atoms with E-state index in [1.165, 1.54) is 57.8 Å². The van der Waals surface area contributed by atoms with Crippen molar-refractivity contribution in [2.45, 2.75) is 119 Å². The van der Waals surface area contributed by atoms with Crippen LogP contribution in [0, 0.1) is 39.9 Å². The molecule has 1 fully saturated rings. The Morgan fingerprint density at radius 1 is 0.967 bits per heavy atom. The highest BCUT2D eigenvalue weighted by atomic mass is 16.3. The number of aliphatic hydroxyl groups is 1. The topological polar surface area (TPSA) is 20.2 Å². The molecule has 0 aromatic rings. The van der Waals surface area contributed by atoms with Crippen LogP contribution in [0.1, 0.15) is 113 Å². The van der Waals surface area contributed by atoms with Crippen LogP contribution in [0.15, 0.2) is 22.8 Å². The second-order valence-corrected chi connectivity index (χ2v) is 13.0. The summed E-state index contributed by atoms with van der Waals surface area (Å²) in [7, 11) is 0. The predicted molar refractivity (Wildman–Crippen MR) is 128 cm³/mol. The van der Waals surface area contributed by atoms with Crippen LogP contribution < -0.4 is 0 Å². The third-order valence-corrected chi connectivity index (χ3v) is 10.6. The van der Waals surface area contributed by atoms with E-state index in [0.717, 1.165) is 24.2 Å². The van der Waals surface area contributed by atoms with E-state index in [4.69, 9.17) is 0 Å². The van der Waals surface area contributed by atoms with E-state index in [0.29, 0.717) is 16.7 Å². The molecular weight excluding hydrogens is 364 g/mol. The van der Waals surface area contributed by atoms with Gasteiger partial charge in [-0.2, -0.15) is 0 Å². The molecule has 0 bridgehead atoms. The number of aliphatic hydroxyl groups excluding tert-OH is 1. The highest BCUT2D eigenvalue weighted by Crippen LogP contribution is 2.66. The predicted octanol–water partition coefficient (Wildman–Crippen LogP) is 8.09. The largest absolute Gasteiger partial charge is 0.393 e. The highest BCUT2D eigenvalue weighted by Gasteiger charge is 2.57. The molecule has 1 N–H and O–H groups in total. The lowest BCUT2D eigenvalue weighted by Crippen LogP contribution is -2.53. The Balaban J connectivity index is 1.58. The molecule has 0 saturated heterocycles. The molecule has 4 aliphatic carbocycles. The maximum absolute atomic E-state index is 10.8. The van der Waals surface area contributed by atoms with Crippen LogP contribution in [0.4, 0.5) is 0 Å². The van der Waals surface area contributed by atoms with Crippen molar-refractivity contribution in [2.24, 2.45) is 39.9 Å². The van der Waals surface area contributed by atoms with Crippen molar-refractivity contribution in [3.05, 3.63) is 22.8 Å². The third kappa shape index (κ3) is 3.37. The molecule has 0 aromatic heterocycles. The summed E-state index contributed by atoms with van der Waals surface area (Å²) in [6, 6.07) is 0. The van der Waals surface area contributed by atoms with Gasteiger partial charge in [-0.15, -0.1) is 0 Å². The Labute approximate surface area is 186 Å². The summed E-state index contributed by atoms with van der Waals surface area (Å²) in [6.07, 6.45) is 15.3. The van der Waals surface area contributed by atoms with Crippen LogP contribution in [0.3, 0.4) is 0 Å². The van der Waals surface area contributed by atoms with Gasteiger partial charge in [0.1, 0.15) is 0 Å². The quantitative estimate of drug-likeness (QED) is 0.483. The first-order valence-electron chi connectivity index (χ1n) is 13.1. The maximum Gasteiger partial charge on any atom is 0.0594 e. The molecule has 0 heterocycles. The lowest BCUT2D eigenvalue weighted by Gasteiger charge is -2.59. The van der Waals surface area contributed by atoms with Gasteiger partial charge in [-0.25, -0.2) is 0 Å². The number of allylic oxidation sites excluding steroid dienone is 4. The number of rotatable bonds is 5. The lowest BCUT2D eigenvalue weighted by atomic mass is 9.46. The maximum atomic E-state index is 10.8. The van der Waals surface area contributed by atoms with Crippen molar-refractivity contribution in [3.63, 3.8) is 0 Å². The minimum absolute atomic E-state index is 0.0454. The van der Waals surface area contributed by atoms with E-state index in [2.05, 4.69) is 54.5 Å². The summed E-state index contributed by atoms with van der Waals surface area (Å²) in [5.41, 5.74) is 6.09.